The summed E-state index contributed by atoms with van der Waals surface area (Å²) in [7, 11) is 2.21. The number of ether oxygens (including phenoxy) is 1. The number of carbonyl (C=O) groups excluding carboxylic acids is 1. The zero-order valence-electron chi connectivity index (χ0n) is 12.7. The molecule has 0 aromatic heterocycles. The smallest absolute Gasteiger partial charge is 0.224 e. The van der Waals surface area contributed by atoms with Crippen molar-refractivity contribution >= 4 is 11.6 Å². The van der Waals surface area contributed by atoms with Gasteiger partial charge in [-0.2, -0.15) is 0 Å². The summed E-state index contributed by atoms with van der Waals surface area (Å²) in [5.41, 5.74) is 2.12. The molecule has 114 valence electrons. The number of carbonyl (C=O) groups is 1. The summed E-state index contributed by atoms with van der Waals surface area (Å²) >= 11 is 0. The van der Waals surface area contributed by atoms with E-state index in [0.29, 0.717) is 12.5 Å². The molecule has 0 spiro atoms. The SMILES string of the molecule is CN1CCCCC1CCOc1ccc2c(c1)NC(=O)CC2. The summed E-state index contributed by atoms with van der Waals surface area (Å²) in [6.45, 7) is 1.94. The van der Waals surface area contributed by atoms with E-state index in [0.717, 1.165) is 30.9 Å². The van der Waals surface area contributed by atoms with Crippen LogP contribution in [-0.2, 0) is 11.2 Å². The minimum atomic E-state index is 0.100. The summed E-state index contributed by atoms with van der Waals surface area (Å²) < 4.78 is 5.88. The largest absolute Gasteiger partial charge is 0.493 e. The standard InChI is InChI=1S/C17H24N2O2/c1-19-10-3-2-4-14(19)9-11-21-15-7-5-13-6-8-17(20)18-16(13)12-15/h5,7,12,14H,2-4,6,8-11H2,1H3,(H,18,20). The molecule has 4 nitrogen and oxygen atoms in total. The van der Waals surface area contributed by atoms with Gasteiger partial charge in [0.25, 0.3) is 0 Å². The second kappa shape index (κ2) is 6.48. The van der Waals surface area contributed by atoms with Gasteiger partial charge in [0.2, 0.25) is 5.91 Å². The lowest BCUT2D eigenvalue weighted by Gasteiger charge is -2.32. The molecule has 2 heterocycles. The Bertz CT molecular complexity index is 516. The molecule has 1 saturated heterocycles. The van der Waals surface area contributed by atoms with Gasteiger partial charge in [0.05, 0.1) is 6.61 Å². The van der Waals surface area contributed by atoms with E-state index < -0.39 is 0 Å². The van der Waals surface area contributed by atoms with Gasteiger partial charge < -0.3 is 15.0 Å². The van der Waals surface area contributed by atoms with Crippen molar-refractivity contribution < 1.29 is 9.53 Å². The number of amides is 1. The molecule has 1 unspecified atom stereocenters. The molecule has 1 atom stereocenters. The molecule has 2 aliphatic heterocycles. The summed E-state index contributed by atoms with van der Waals surface area (Å²) in [5.74, 6) is 0.956. The van der Waals surface area contributed by atoms with E-state index in [9.17, 15) is 4.79 Å². The fourth-order valence-electron chi connectivity index (χ4n) is 3.26. The highest BCUT2D eigenvalue weighted by molar-refractivity contribution is 5.94. The van der Waals surface area contributed by atoms with Crippen molar-refractivity contribution in [1.82, 2.24) is 4.90 Å². The van der Waals surface area contributed by atoms with Gasteiger partial charge in [-0.3, -0.25) is 4.79 Å². The van der Waals surface area contributed by atoms with E-state index in [1.165, 1.54) is 31.4 Å². The van der Waals surface area contributed by atoms with E-state index in [2.05, 4.69) is 23.3 Å². The predicted octanol–water partition coefficient (Wildman–Crippen LogP) is 2.82. The Morgan fingerprint density at radius 3 is 3.10 bits per heavy atom. The van der Waals surface area contributed by atoms with Crippen LogP contribution in [0.2, 0.25) is 0 Å². The van der Waals surface area contributed by atoms with Crippen molar-refractivity contribution in [2.45, 2.75) is 44.6 Å². The number of rotatable bonds is 4. The first kappa shape index (κ1) is 14.4. The van der Waals surface area contributed by atoms with Gasteiger partial charge in [0.1, 0.15) is 5.75 Å². The van der Waals surface area contributed by atoms with E-state index in [1.807, 2.05) is 12.1 Å². The molecule has 3 rings (SSSR count). The van der Waals surface area contributed by atoms with E-state index in [-0.39, 0.29) is 5.91 Å². The molecule has 0 aliphatic carbocycles. The van der Waals surface area contributed by atoms with E-state index in [1.54, 1.807) is 0 Å². The maximum absolute atomic E-state index is 11.4. The molecule has 1 aromatic rings. The molecular formula is C17H24N2O2. The second-order valence-electron chi connectivity index (χ2n) is 6.13. The first-order valence-corrected chi connectivity index (χ1v) is 7.98. The molecule has 4 heteroatoms. The first-order valence-electron chi connectivity index (χ1n) is 7.98. The molecule has 2 aliphatic rings. The van der Waals surface area contributed by atoms with Crippen LogP contribution in [-0.4, -0.2) is 37.0 Å². The van der Waals surface area contributed by atoms with Crippen LogP contribution >= 0.6 is 0 Å². The zero-order chi connectivity index (χ0) is 14.7. The van der Waals surface area contributed by atoms with Crippen molar-refractivity contribution in [2.24, 2.45) is 0 Å². The van der Waals surface area contributed by atoms with Crippen LogP contribution < -0.4 is 10.1 Å². The molecule has 1 aromatic carbocycles. The van der Waals surface area contributed by atoms with Crippen molar-refractivity contribution in [1.29, 1.82) is 0 Å². The van der Waals surface area contributed by atoms with Crippen LogP contribution in [0.15, 0.2) is 18.2 Å². The highest BCUT2D eigenvalue weighted by Gasteiger charge is 2.19. The minimum absolute atomic E-state index is 0.100. The molecule has 0 radical (unpaired) electrons. The number of nitrogens with zero attached hydrogens (tertiary/aromatic N) is 1. The Hall–Kier alpha value is -1.55. The monoisotopic (exact) mass is 288 g/mol. The Morgan fingerprint density at radius 2 is 2.24 bits per heavy atom. The normalized spacial score (nSPS) is 22.5. The third kappa shape index (κ3) is 3.56. The maximum Gasteiger partial charge on any atom is 0.224 e. The lowest BCUT2D eigenvalue weighted by molar-refractivity contribution is -0.116. The summed E-state index contributed by atoms with van der Waals surface area (Å²) in [6, 6.07) is 6.69. The summed E-state index contributed by atoms with van der Waals surface area (Å²) in [5, 5.41) is 2.92. The number of anilines is 1. The quantitative estimate of drug-likeness (QED) is 0.926. The topological polar surface area (TPSA) is 41.6 Å². The lowest BCUT2D eigenvalue weighted by Crippen LogP contribution is -2.37. The van der Waals surface area contributed by atoms with Gasteiger partial charge in [0.15, 0.2) is 0 Å². The van der Waals surface area contributed by atoms with Crippen LogP contribution in [0.25, 0.3) is 0 Å². The molecule has 0 bridgehead atoms. The van der Waals surface area contributed by atoms with Crippen LogP contribution in [0.5, 0.6) is 5.75 Å². The van der Waals surface area contributed by atoms with Gasteiger partial charge in [-0.05, 0) is 50.9 Å². The van der Waals surface area contributed by atoms with Crippen molar-refractivity contribution in [2.75, 3.05) is 25.5 Å². The van der Waals surface area contributed by atoms with Crippen LogP contribution in [0.4, 0.5) is 5.69 Å². The number of benzene rings is 1. The molecule has 0 saturated carbocycles. The Balaban J connectivity index is 1.53. The molecule has 21 heavy (non-hydrogen) atoms. The number of likely N-dealkylation sites (tertiary alicyclic amines) is 1. The van der Waals surface area contributed by atoms with Gasteiger partial charge >= 0.3 is 0 Å². The number of hydrogen-bond acceptors (Lipinski definition) is 3. The third-order valence-electron chi connectivity index (χ3n) is 4.62. The van der Waals surface area contributed by atoms with Crippen molar-refractivity contribution in [3.05, 3.63) is 23.8 Å². The fraction of sp³-hybridized carbons (Fsp3) is 0.588. The van der Waals surface area contributed by atoms with Crippen molar-refractivity contribution in [3.63, 3.8) is 0 Å². The lowest BCUT2D eigenvalue weighted by atomic mass is 10.0. The highest BCUT2D eigenvalue weighted by atomic mass is 16.5. The molecule has 1 fully saturated rings. The van der Waals surface area contributed by atoms with Crippen LogP contribution in [0.3, 0.4) is 0 Å². The number of nitrogens with one attached hydrogen (secondary N) is 1. The van der Waals surface area contributed by atoms with Crippen molar-refractivity contribution in [3.8, 4) is 5.75 Å². The van der Waals surface area contributed by atoms with Gasteiger partial charge in [0, 0.05) is 24.2 Å². The van der Waals surface area contributed by atoms with Gasteiger partial charge in [-0.15, -0.1) is 0 Å². The average molecular weight is 288 g/mol. The van der Waals surface area contributed by atoms with Crippen LogP contribution in [0, 0.1) is 0 Å². The Labute approximate surface area is 126 Å². The second-order valence-corrected chi connectivity index (χ2v) is 6.13. The molecule has 1 N–H and O–H groups in total. The highest BCUT2D eigenvalue weighted by Crippen LogP contribution is 2.27. The minimum Gasteiger partial charge on any atom is -0.493 e. The third-order valence-corrected chi connectivity index (χ3v) is 4.62. The average Bonchev–Trinajstić information content (AvgIpc) is 2.49. The van der Waals surface area contributed by atoms with E-state index >= 15 is 0 Å². The Kier molecular flexibility index (Phi) is 4.44. The number of hydrogen-bond donors (Lipinski definition) is 1. The number of piperidine rings is 1. The Morgan fingerprint density at radius 1 is 1.33 bits per heavy atom. The van der Waals surface area contributed by atoms with Gasteiger partial charge in [-0.25, -0.2) is 0 Å². The van der Waals surface area contributed by atoms with Gasteiger partial charge in [-0.1, -0.05) is 12.5 Å². The maximum atomic E-state index is 11.4. The van der Waals surface area contributed by atoms with E-state index in [4.69, 9.17) is 4.74 Å². The first-order chi connectivity index (χ1) is 10.2. The van der Waals surface area contributed by atoms with Crippen LogP contribution in [0.1, 0.15) is 37.7 Å². The summed E-state index contributed by atoms with van der Waals surface area (Å²) in [4.78, 5) is 13.9. The summed E-state index contributed by atoms with van der Waals surface area (Å²) in [6.07, 6.45) is 6.41. The zero-order valence-corrected chi connectivity index (χ0v) is 12.7. The predicted molar refractivity (Wildman–Crippen MR) is 83.8 cm³/mol. The number of fused-ring (bicyclic) bond motifs is 1. The number of aryl methyl sites for hydroxylation is 1. The molecular weight excluding hydrogens is 264 g/mol. The molecule has 1 amide bonds. The fourth-order valence-corrected chi connectivity index (χ4v) is 3.26.